The van der Waals surface area contributed by atoms with E-state index in [0.717, 1.165) is 11.8 Å². The molecule has 4 aromatic rings. The number of benzene rings is 1. The highest BCUT2D eigenvalue weighted by molar-refractivity contribution is 7.14. The fourth-order valence-electron chi connectivity index (χ4n) is 2.71. The van der Waals surface area contributed by atoms with Gasteiger partial charge in [-0.3, -0.25) is 19.9 Å². The summed E-state index contributed by atoms with van der Waals surface area (Å²) in [6.07, 6.45) is 2.60. The van der Waals surface area contributed by atoms with E-state index in [2.05, 4.69) is 15.3 Å². The molecule has 1 amide bonds. The van der Waals surface area contributed by atoms with Gasteiger partial charge < -0.3 is 4.57 Å². The van der Waals surface area contributed by atoms with Gasteiger partial charge in [-0.2, -0.15) is 0 Å². The van der Waals surface area contributed by atoms with Gasteiger partial charge in [0.2, 0.25) is 0 Å². The minimum absolute atomic E-state index is 0.187. The summed E-state index contributed by atoms with van der Waals surface area (Å²) in [7, 11) is 0. The van der Waals surface area contributed by atoms with Crippen LogP contribution in [0.2, 0.25) is 0 Å². The van der Waals surface area contributed by atoms with Gasteiger partial charge in [-0.05, 0) is 35.9 Å². The number of pyridine rings is 2. The smallest absolute Gasteiger partial charge is 0.257 e. The van der Waals surface area contributed by atoms with Crippen molar-refractivity contribution in [2.45, 2.75) is 6.54 Å². The fraction of sp³-hybridized carbons (Fsp3) is 0.0476. The van der Waals surface area contributed by atoms with Crippen LogP contribution in [-0.4, -0.2) is 20.4 Å². The average molecular weight is 424 g/mol. The molecule has 0 bridgehead atoms. The number of carbonyl (C=O) groups excluding carboxylic acids is 1. The molecule has 0 aliphatic rings. The van der Waals surface area contributed by atoms with Crippen LogP contribution in [0.15, 0.2) is 71.1 Å². The Hall–Kier alpha value is -3.72. The van der Waals surface area contributed by atoms with Crippen molar-refractivity contribution < 1.29 is 13.6 Å². The zero-order chi connectivity index (χ0) is 21.1. The van der Waals surface area contributed by atoms with E-state index < -0.39 is 11.7 Å². The summed E-state index contributed by atoms with van der Waals surface area (Å²) in [4.78, 5) is 33.0. The summed E-state index contributed by atoms with van der Waals surface area (Å²) in [5.41, 5.74) is 1.58. The number of halogens is 2. The number of anilines is 1. The lowest BCUT2D eigenvalue weighted by Gasteiger charge is -2.07. The van der Waals surface area contributed by atoms with Crippen LogP contribution in [0.3, 0.4) is 0 Å². The molecule has 4 rings (SSSR count). The lowest BCUT2D eigenvalue weighted by atomic mass is 10.2. The van der Waals surface area contributed by atoms with Crippen LogP contribution in [-0.2, 0) is 6.54 Å². The third kappa shape index (κ3) is 4.47. The third-order valence-electron chi connectivity index (χ3n) is 4.24. The summed E-state index contributed by atoms with van der Waals surface area (Å²) in [5, 5.41) is 4.66. The molecule has 1 aromatic carbocycles. The van der Waals surface area contributed by atoms with Gasteiger partial charge in [0.25, 0.3) is 11.5 Å². The minimum atomic E-state index is -0.478. The number of amides is 1. The second-order valence-electron chi connectivity index (χ2n) is 6.36. The Morgan fingerprint density at radius 3 is 2.50 bits per heavy atom. The molecule has 1 N–H and O–H groups in total. The van der Waals surface area contributed by atoms with E-state index >= 15 is 0 Å². The molecular formula is C21H14F2N4O2S. The molecule has 0 fully saturated rings. The molecule has 3 aromatic heterocycles. The largest absolute Gasteiger partial charge is 0.311 e. The van der Waals surface area contributed by atoms with E-state index in [1.54, 1.807) is 17.5 Å². The molecule has 0 saturated heterocycles. The van der Waals surface area contributed by atoms with Crippen LogP contribution in [0, 0.1) is 11.6 Å². The monoisotopic (exact) mass is 424 g/mol. The first-order valence-corrected chi connectivity index (χ1v) is 9.70. The highest BCUT2D eigenvalue weighted by Gasteiger charge is 2.12. The van der Waals surface area contributed by atoms with Gasteiger partial charge in [-0.1, -0.05) is 12.1 Å². The Morgan fingerprint density at radius 1 is 1.03 bits per heavy atom. The Kier molecular flexibility index (Phi) is 5.44. The van der Waals surface area contributed by atoms with Crippen molar-refractivity contribution in [2.24, 2.45) is 0 Å². The van der Waals surface area contributed by atoms with E-state index in [1.165, 1.54) is 58.5 Å². The molecule has 0 spiro atoms. The van der Waals surface area contributed by atoms with E-state index in [9.17, 15) is 18.4 Å². The quantitative estimate of drug-likeness (QED) is 0.526. The zero-order valence-electron chi connectivity index (χ0n) is 15.4. The van der Waals surface area contributed by atoms with E-state index in [-0.39, 0.29) is 23.5 Å². The fourth-order valence-corrected chi connectivity index (χ4v) is 3.41. The number of thiazole rings is 1. The lowest BCUT2D eigenvalue weighted by molar-refractivity contribution is 0.102. The van der Waals surface area contributed by atoms with Crippen LogP contribution in [0.4, 0.5) is 13.9 Å². The van der Waals surface area contributed by atoms with Crippen molar-refractivity contribution in [3.8, 4) is 11.4 Å². The van der Waals surface area contributed by atoms with Gasteiger partial charge >= 0.3 is 0 Å². The summed E-state index contributed by atoms with van der Waals surface area (Å²) >= 11 is 1.19. The molecule has 3 heterocycles. The molecule has 6 nitrogen and oxygen atoms in total. The molecule has 0 atom stereocenters. The molecule has 0 unspecified atom stereocenters. The molecule has 0 aliphatic heterocycles. The highest BCUT2D eigenvalue weighted by atomic mass is 32.1. The standard InChI is InChI=1S/C21H14F2N4O2S/c22-15-3-1-13(2-4-15)11-27-8-7-14(9-19(27)28)20(29)26-21-25-18(12-30-21)17-6-5-16(23)10-24-17/h1-10,12H,11H2,(H,25,26,29). The summed E-state index contributed by atoms with van der Waals surface area (Å²) < 4.78 is 27.4. The highest BCUT2D eigenvalue weighted by Crippen LogP contribution is 2.23. The van der Waals surface area contributed by atoms with Crippen molar-refractivity contribution in [3.63, 3.8) is 0 Å². The SMILES string of the molecule is O=C(Nc1nc(-c2ccc(F)cn2)cs1)c1ccn(Cc2ccc(F)cc2)c(=O)c1. The van der Waals surface area contributed by atoms with Gasteiger partial charge in [0.1, 0.15) is 17.3 Å². The predicted molar refractivity (Wildman–Crippen MR) is 109 cm³/mol. The summed E-state index contributed by atoms with van der Waals surface area (Å²) in [5.74, 6) is -1.27. The molecule has 0 saturated carbocycles. The van der Waals surface area contributed by atoms with E-state index in [1.807, 2.05) is 0 Å². The lowest BCUT2D eigenvalue weighted by Crippen LogP contribution is -2.22. The molecule has 150 valence electrons. The molecular weight excluding hydrogens is 410 g/mol. The number of aromatic nitrogens is 3. The van der Waals surface area contributed by atoms with Gasteiger partial charge in [0.05, 0.1) is 18.4 Å². The molecule has 0 radical (unpaired) electrons. The van der Waals surface area contributed by atoms with Crippen molar-refractivity contribution in [2.75, 3.05) is 5.32 Å². The van der Waals surface area contributed by atoms with Crippen molar-refractivity contribution >= 4 is 22.4 Å². The van der Waals surface area contributed by atoms with Crippen molar-refractivity contribution in [1.82, 2.24) is 14.5 Å². The van der Waals surface area contributed by atoms with Crippen LogP contribution in [0.1, 0.15) is 15.9 Å². The summed E-state index contributed by atoms with van der Waals surface area (Å²) in [6, 6.07) is 11.4. The number of hydrogen-bond acceptors (Lipinski definition) is 5. The maximum atomic E-state index is 13.0. The molecule has 0 aliphatic carbocycles. The summed E-state index contributed by atoms with van der Waals surface area (Å²) in [6.45, 7) is 0.265. The predicted octanol–water partition coefficient (Wildman–Crippen LogP) is 3.95. The second-order valence-corrected chi connectivity index (χ2v) is 7.22. The normalized spacial score (nSPS) is 10.7. The third-order valence-corrected chi connectivity index (χ3v) is 5.00. The zero-order valence-corrected chi connectivity index (χ0v) is 16.2. The average Bonchev–Trinajstić information content (AvgIpc) is 3.20. The maximum absolute atomic E-state index is 13.0. The topological polar surface area (TPSA) is 76.9 Å². The van der Waals surface area contributed by atoms with Gasteiger partial charge in [0, 0.05) is 23.2 Å². The van der Waals surface area contributed by atoms with Gasteiger partial charge in [0.15, 0.2) is 5.13 Å². The maximum Gasteiger partial charge on any atom is 0.257 e. The first-order valence-electron chi connectivity index (χ1n) is 8.82. The second kappa shape index (κ2) is 8.34. The van der Waals surface area contributed by atoms with Crippen LogP contribution in [0.5, 0.6) is 0 Å². The number of rotatable bonds is 5. The molecule has 9 heteroatoms. The van der Waals surface area contributed by atoms with Crippen molar-refractivity contribution in [3.05, 3.63) is 99.4 Å². The van der Waals surface area contributed by atoms with E-state index in [0.29, 0.717) is 16.5 Å². The molecule has 30 heavy (non-hydrogen) atoms. The Balaban J connectivity index is 1.46. The Labute approximate surface area is 173 Å². The number of hydrogen-bond donors (Lipinski definition) is 1. The van der Waals surface area contributed by atoms with Gasteiger partial charge in [-0.15, -0.1) is 11.3 Å². The number of nitrogens with one attached hydrogen (secondary N) is 1. The number of carbonyl (C=O) groups is 1. The Bertz CT molecular complexity index is 1250. The number of nitrogens with zero attached hydrogens (tertiary/aromatic N) is 3. The Morgan fingerprint density at radius 2 is 1.80 bits per heavy atom. The first kappa shape index (κ1) is 19.6. The first-order chi connectivity index (χ1) is 14.5. The van der Waals surface area contributed by atoms with E-state index in [4.69, 9.17) is 0 Å². The van der Waals surface area contributed by atoms with Crippen molar-refractivity contribution in [1.29, 1.82) is 0 Å². The van der Waals surface area contributed by atoms with Gasteiger partial charge in [-0.25, -0.2) is 13.8 Å². The van der Waals surface area contributed by atoms with Crippen LogP contribution in [0.25, 0.3) is 11.4 Å². The van der Waals surface area contributed by atoms with Crippen LogP contribution >= 0.6 is 11.3 Å². The van der Waals surface area contributed by atoms with Crippen LogP contribution < -0.4 is 10.9 Å². The minimum Gasteiger partial charge on any atom is -0.311 e.